The molecule has 1 aliphatic heterocycles. The molecule has 0 saturated heterocycles. The average molecular weight is 441 g/mol. The number of nitrogens with two attached hydrogens (primary N) is 2. The highest BCUT2D eigenvalue weighted by atomic mass is 16.5. The van der Waals surface area contributed by atoms with Gasteiger partial charge in [-0.15, -0.1) is 0 Å². The molecular formula is C23H32N6O3. The molecule has 2 aliphatic rings. The molecule has 4 rings (SSSR count). The zero-order chi connectivity index (χ0) is 22.5. The fourth-order valence-electron chi connectivity index (χ4n) is 4.32. The first-order chi connectivity index (χ1) is 15.6. The normalized spacial score (nSPS) is 19.2. The van der Waals surface area contributed by atoms with Crippen molar-refractivity contribution in [1.82, 2.24) is 14.9 Å². The Morgan fingerprint density at radius 2 is 2.06 bits per heavy atom. The van der Waals surface area contributed by atoms with Crippen molar-refractivity contribution in [2.75, 3.05) is 31.6 Å². The number of aromatic nitrogens is 2. The van der Waals surface area contributed by atoms with Crippen LogP contribution in [0.15, 0.2) is 41.5 Å². The number of hydrogen-bond acceptors (Lipinski definition) is 8. The quantitative estimate of drug-likeness (QED) is 0.374. The van der Waals surface area contributed by atoms with E-state index in [2.05, 4.69) is 22.2 Å². The highest BCUT2D eigenvalue weighted by Crippen LogP contribution is 2.45. The van der Waals surface area contributed by atoms with Crippen LogP contribution in [0.3, 0.4) is 0 Å². The van der Waals surface area contributed by atoms with E-state index < -0.39 is 0 Å². The number of para-hydroxylation sites is 1. The van der Waals surface area contributed by atoms with Crippen molar-refractivity contribution >= 4 is 11.5 Å². The number of rotatable bonds is 9. The van der Waals surface area contributed by atoms with Gasteiger partial charge in [0, 0.05) is 24.8 Å². The number of anilines is 2. The van der Waals surface area contributed by atoms with Gasteiger partial charge >= 0.3 is 5.69 Å². The molecule has 1 aliphatic carbocycles. The molecule has 32 heavy (non-hydrogen) atoms. The topological polar surface area (TPSA) is 129 Å². The van der Waals surface area contributed by atoms with Crippen LogP contribution >= 0.6 is 0 Å². The fourth-order valence-corrected chi connectivity index (χ4v) is 4.32. The maximum Gasteiger partial charge on any atom is 0.350 e. The molecule has 1 saturated carbocycles. The number of nitrogens with zero attached hydrogens (tertiary/aromatic N) is 2. The predicted octanol–water partition coefficient (Wildman–Crippen LogP) is 2.61. The van der Waals surface area contributed by atoms with Crippen LogP contribution in [0.1, 0.15) is 38.1 Å². The van der Waals surface area contributed by atoms with Crippen molar-refractivity contribution < 1.29 is 9.47 Å². The molecule has 0 atom stereocenters. The van der Waals surface area contributed by atoms with Gasteiger partial charge < -0.3 is 31.6 Å². The monoisotopic (exact) mass is 440 g/mol. The summed E-state index contributed by atoms with van der Waals surface area (Å²) in [7, 11) is 0. The summed E-state index contributed by atoms with van der Waals surface area (Å²) in [5, 5.41) is 6.58. The molecule has 1 aromatic heterocycles. The van der Waals surface area contributed by atoms with E-state index in [1.54, 1.807) is 10.8 Å². The Labute approximate surface area is 187 Å². The van der Waals surface area contributed by atoms with Gasteiger partial charge in [0.05, 0.1) is 6.20 Å². The fraction of sp³-hybridized carbons (Fsp3) is 0.478. The van der Waals surface area contributed by atoms with Gasteiger partial charge in [0.2, 0.25) is 0 Å². The molecule has 2 aromatic rings. The molecule has 0 spiro atoms. The third-order valence-electron chi connectivity index (χ3n) is 6.06. The highest BCUT2D eigenvalue weighted by molar-refractivity contribution is 5.77. The van der Waals surface area contributed by atoms with E-state index >= 15 is 0 Å². The standard InChI is InChI=1S/C23H32N6O3/c1-15(26-12-3-10-24)16-6-8-17(9-7-16)29-14-20-22(28-23(29)30)27-21-18(31-13-11-25)4-2-5-19(21)32-20/h2,4-5,14,16-17,26H,1,3,6-13,24-25H2,(H,27,28,30). The van der Waals surface area contributed by atoms with Crippen molar-refractivity contribution in [3.05, 3.63) is 47.2 Å². The Balaban J connectivity index is 1.45. The summed E-state index contributed by atoms with van der Waals surface area (Å²) < 4.78 is 13.5. The lowest BCUT2D eigenvalue weighted by molar-refractivity contribution is 0.284. The molecule has 0 bridgehead atoms. The molecule has 2 heterocycles. The summed E-state index contributed by atoms with van der Waals surface area (Å²) in [6, 6.07) is 5.63. The smallest absolute Gasteiger partial charge is 0.350 e. The van der Waals surface area contributed by atoms with Gasteiger partial charge in [0.15, 0.2) is 17.3 Å². The minimum absolute atomic E-state index is 0.0950. The van der Waals surface area contributed by atoms with Crippen LogP contribution in [0.5, 0.6) is 17.2 Å². The third kappa shape index (κ3) is 4.73. The largest absolute Gasteiger partial charge is 0.490 e. The average Bonchev–Trinajstić information content (AvgIpc) is 2.81. The van der Waals surface area contributed by atoms with Gasteiger partial charge in [-0.2, -0.15) is 4.98 Å². The second-order valence-electron chi connectivity index (χ2n) is 8.24. The SMILES string of the molecule is C=C(NCCCN)C1CCC(n2cc3c(nc2=O)Nc2c(OCCN)cccc2O3)CC1. The van der Waals surface area contributed by atoms with Gasteiger partial charge in [-0.3, -0.25) is 4.57 Å². The molecule has 1 fully saturated rings. The van der Waals surface area contributed by atoms with E-state index in [0.717, 1.165) is 44.3 Å². The number of ether oxygens (including phenoxy) is 2. The lowest BCUT2D eigenvalue weighted by Crippen LogP contribution is -2.32. The Hall–Kier alpha value is -3.04. The van der Waals surface area contributed by atoms with E-state index in [1.807, 2.05) is 18.2 Å². The minimum Gasteiger partial charge on any atom is -0.490 e. The van der Waals surface area contributed by atoms with Crippen LogP contribution in [-0.4, -0.2) is 35.8 Å². The third-order valence-corrected chi connectivity index (χ3v) is 6.06. The molecule has 0 radical (unpaired) electrons. The number of hydrogen-bond donors (Lipinski definition) is 4. The van der Waals surface area contributed by atoms with Gasteiger partial charge in [-0.1, -0.05) is 12.6 Å². The van der Waals surface area contributed by atoms with E-state index in [1.165, 1.54) is 0 Å². The second-order valence-corrected chi connectivity index (χ2v) is 8.24. The zero-order valence-electron chi connectivity index (χ0n) is 18.3. The van der Waals surface area contributed by atoms with Crippen LogP contribution in [-0.2, 0) is 0 Å². The summed E-state index contributed by atoms with van der Waals surface area (Å²) in [6.45, 7) is 6.51. The van der Waals surface area contributed by atoms with Crippen LogP contribution in [0.4, 0.5) is 11.5 Å². The Morgan fingerprint density at radius 3 is 2.81 bits per heavy atom. The Bertz CT molecular complexity index is 1010. The van der Waals surface area contributed by atoms with Crippen LogP contribution in [0, 0.1) is 5.92 Å². The van der Waals surface area contributed by atoms with Crippen molar-refractivity contribution in [3.63, 3.8) is 0 Å². The number of fused-ring (bicyclic) bond motifs is 2. The van der Waals surface area contributed by atoms with Crippen LogP contribution < -0.4 is 37.3 Å². The van der Waals surface area contributed by atoms with Crippen LogP contribution in [0.2, 0.25) is 0 Å². The Morgan fingerprint density at radius 1 is 1.25 bits per heavy atom. The van der Waals surface area contributed by atoms with E-state index in [4.69, 9.17) is 20.9 Å². The zero-order valence-corrected chi connectivity index (χ0v) is 18.3. The summed E-state index contributed by atoms with van der Waals surface area (Å²) >= 11 is 0. The van der Waals surface area contributed by atoms with Crippen molar-refractivity contribution in [1.29, 1.82) is 0 Å². The van der Waals surface area contributed by atoms with Crippen LogP contribution in [0.25, 0.3) is 0 Å². The van der Waals surface area contributed by atoms with Gasteiger partial charge in [0.1, 0.15) is 18.0 Å². The summed E-state index contributed by atoms with van der Waals surface area (Å²) in [6.07, 6.45) is 6.45. The molecule has 6 N–H and O–H groups in total. The molecule has 172 valence electrons. The van der Waals surface area contributed by atoms with E-state index in [-0.39, 0.29) is 11.7 Å². The molecule has 9 heteroatoms. The summed E-state index contributed by atoms with van der Waals surface area (Å²) in [4.78, 5) is 17.1. The van der Waals surface area contributed by atoms with E-state index in [9.17, 15) is 4.79 Å². The number of benzene rings is 1. The second kappa shape index (κ2) is 10.1. The molecular weight excluding hydrogens is 408 g/mol. The lowest BCUT2D eigenvalue weighted by Gasteiger charge is -2.31. The lowest BCUT2D eigenvalue weighted by atomic mass is 9.84. The first kappa shape index (κ1) is 22.2. The summed E-state index contributed by atoms with van der Waals surface area (Å²) in [5.74, 6) is 2.59. The molecule has 0 unspecified atom stereocenters. The molecule has 1 aromatic carbocycles. The van der Waals surface area contributed by atoms with Crippen molar-refractivity contribution in [2.24, 2.45) is 17.4 Å². The minimum atomic E-state index is -0.285. The van der Waals surface area contributed by atoms with Gasteiger partial charge in [-0.25, -0.2) is 4.79 Å². The predicted molar refractivity (Wildman–Crippen MR) is 125 cm³/mol. The van der Waals surface area contributed by atoms with Crippen molar-refractivity contribution in [2.45, 2.75) is 38.1 Å². The first-order valence-corrected chi connectivity index (χ1v) is 11.3. The van der Waals surface area contributed by atoms with Crippen molar-refractivity contribution in [3.8, 4) is 17.2 Å². The first-order valence-electron chi connectivity index (χ1n) is 11.3. The maximum atomic E-state index is 12.8. The van der Waals surface area contributed by atoms with Gasteiger partial charge in [0.25, 0.3) is 0 Å². The summed E-state index contributed by atoms with van der Waals surface area (Å²) in [5.41, 5.74) is 12.5. The number of allylic oxidation sites excluding steroid dienone is 1. The Kier molecular flexibility index (Phi) is 6.96. The van der Waals surface area contributed by atoms with Gasteiger partial charge in [-0.05, 0) is 56.7 Å². The maximum absolute atomic E-state index is 12.8. The van der Waals surface area contributed by atoms with E-state index in [0.29, 0.717) is 54.4 Å². The number of nitrogens with one attached hydrogen (secondary N) is 2. The highest BCUT2D eigenvalue weighted by Gasteiger charge is 2.28. The molecule has 0 amide bonds. The molecule has 9 nitrogen and oxygen atoms in total.